The Morgan fingerprint density at radius 3 is 2.59 bits per heavy atom. The smallest absolute Gasteiger partial charge is 0.258 e. The summed E-state index contributed by atoms with van der Waals surface area (Å²) in [4.78, 5) is 27.3. The molecule has 1 aromatic rings. The number of nitrogens with zero attached hydrogens (tertiary/aromatic N) is 1. The zero-order valence-corrected chi connectivity index (χ0v) is 19.0. The van der Waals surface area contributed by atoms with Crippen LogP contribution in [0.2, 0.25) is 5.02 Å². The third-order valence-electron chi connectivity index (χ3n) is 7.60. The zero-order valence-electron chi connectivity index (χ0n) is 18.3. The highest BCUT2D eigenvalue weighted by Crippen LogP contribution is 2.60. The van der Waals surface area contributed by atoms with Crippen LogP contribution >= 0.6 is 11.6 Å². The highest BCUT2D eigenvalue weighted by Gasteiger charge is 2.69. The summed E-state index contributed by atoms with van der Waals surface area (Å²) in [6, 6.07) is 4.47. The van der Waals surface area contributed by atoms with Crippen molar-refractivity contribution in [2.45, 2.75) is 68.2 Å². The Balaban J connectivity index is 1.06. The number of hydrogen-bond acceptors (Lipinski definition) is 5. The van der Waals surface area contributed by atoms with Crippen molar-refractivity contribution in [3.63, 3.8) is 0 Å². The third-order valence-corrected chi connectivity index (χ3v) is 7.91. The van der Waals surface area contributed by atoms with Gasteiger partial charge in [-0.05, 0) is 57.2 Å². The number of hydrogen-bond donors (Lipinski definition) is 3. The molecule has 4 saturated carbocycles. The first-order valence-electron chi connectivity index (χ1n) is 11.4. The van der Waals surface area contributed by atoms with E-state index in [1.54, 1.807) is 0 Å². The number of amides is 2. The molecular formula is C23H30ClFN4O3. The largest absolute Gasteiger partial charge is 0.484 e. The molecule has 2 bridgehead atoms. The van der Waals surface area contributed by atoms with Crippen LogP contribution in [0.4, 0.5) is 4.39 Å². The van der Waals surface area contributed by atoms with E-state index >= 15 is 0 Å². The molecule has 1 saturated heterocycles. The predicted molar refractivity (Wildman–Crippen MR) is 118 cm³/mol. The topological polar surface area (TPSA) is 82.7 Å². The van der Waals surface area contributed by atoms with E-state index in [2.05, 4.69) is 20.9 Å². The number of ether oxygens (including phenoxy) is 1. The Kier molecular flexibility index (Phi) is 5.58. The van der Waals surface area contributed by atoms with Crippen LogP contribution in [0.3, 0.4) is 0 Å². The Morgan fingerprint density at radius 1 is 1.22 bits per heavy atom. The normalized spacial score (nSPS) is 34.0. The number of carbonyl (C=O) groups is 2. The van der Waals surface area contributed by atoms with Gasteiger partial charge in [-0.2, -0.15) is 0 Å². The maximum absolute atomic E-state index is 13.5. The lowest BCUT2D eigenvalue weighted by Gasteiger charge is -2.70. The van der Waals surface area contributed by atoms with Gasteiger partial charge in [0.15, 0.2) is 6.61 Å². The fourth-order valence-corrected chi connectivity index (χ4v) is 6.27. The SMILES string of the molecule is CN1CC(C2CCCC2)NC1C(=O)NC12CC(NC(=O)COc3ccc(Cl)c(F)c3)(C1)C2. The van der Waals surface area contributed by atoms with Crippen LogP contribution in [0.15, 0.2) is 18.2 Å². The summed E-state index contributed by atoms with van der Waals surface area (Å²) in [5.74, 6) is 0.124. The highest BCUT2D eigenvalue weighted by molar-refractivity contribution is 6.30. The molecule has 7 nitrogen and oxygen atoms in total. The molecule has 1 aromatic carbocycles. The molecule has 4 aliphatic carbocycles. The van der Waals surface area contributed by atoms with Crippen LogP contribution in [0.5, 0.6) is 5.75 Å². The van der Waals surface area contributed by atoms with Crippen molar-refractivity contribution >= 4 is 23.4 Å². The molecular weight excluding hydrogens is 435 g/mol. The van der Waals surface area contributed by atoms with Gasteiger partial charge in [-0.15, -0.1) is 0 Å². The van der Waals surface area contributed by atoms with E-state index in [0.29, 0.717) is 12.0 Å². The molecule has 2 atom stereocenters. The zero-order chi connectivity index (χ0) is 22.5. The molecule has 1 heterocycles. The monoisotopic (exact) mass is 464 g/mol. The van der Waals surface area contributed by atoms with E-state index in [1.165, 1.54) is 37.8 Å². The Morgan fingerprint density at radius 2 is 1.91 bits per heavy atom. The van der Waals surface area contributed by atoms with Crippen molar-refractivity contribution in [1.82, 2.24) is 20.9 Å². The van der Waals surface area contributed by atoms with E-state index in [0.717, 1.165) is 31.9 Å². The first kappa shape index (κ1) is 21.9. The quantitative estimate of drug-likeness (QED) is 0.576. The van der Waals surface area contributed by atoms with E-state index in [1.807, 2.05) is 7.05 Å². The number of rotatable bonds is 7. The van der Waals surface area contributed by atoms with Crippen LogP contribution in [-0.2, 0) is 9.59 Å². The van der Waals surface area contributed by atoms with Gasteiger partial charge in [0, 0.05) is 29.7 Å². The standard InChI is InChI=1S/C23H30ClFN4O3/c1-29-9-18(14-4-2-3-5-14)26-20(29)21(31)28-23-11-22(12-23,13-23)27-19(30)10-32-15-6-7-16(24)17(25)8-15/h6-8,14,18,20,26H,2-5,9-13H2,1H3,(H,27,30)(H,28,31). The van der Waals surface area contributed by atoms with Gasteiger partial charge >= 0.3 is 0 Å². The molecule has 3 N–H and O–H groups in total. The van der Waals surface area contributed by atoms with Crippen molar-refractivity contribution in [1.29, 1.82) is 0 Å². The van der Waals surface area contributed by atoms with Gasteiger partial charge in [0.1, 0.15) is 17.7 Å². The summed E-state index contributed by atoms with van der Waals surface area (Å²) in [5.41, 5.74) is -0.473. The maximum atomic E-state index is 13.5. The minimum absolute atomic E-state index is 0.0102. The average molecular weight is 465 g/mol. The number of likely N-dealkylation sites (N-methyl/N-ethyl adjacent to an activating group) is 1. The molecule has 0 spiro atoms. The second-order valence-corrected chi connectivity index (χ2v) is 10.6. The van der Waals surface area contributed by atoms with E-state index in [4.69, 9.17) is 16.3 Å². The minimum Gasteiger partial charge on any atom is -0.484 e. The molecule has 2 amide bonds. The fraction of sp³-hybridized carbons (Fsp3) is 0.652. The molecule has 1 aliphatic heterocycles. The molecule has 174 valence electrons. The molecule has 2 unspecified atom stereocenters. The maximum Gasteiger partial charge on any atom is 0.258 e. The summed E-state index contributed by atoms with van der Waals surface area (Å²) >= 11 is 5.65. The summed E-state index contributed by atoms with van der Waals surface area (Å²) in [6.07, 6.45) is 7.00. The number of nitrogens with one attached hydrogen (secondary N) is 3. The Hall–Kier alpha value is -1.90. The number of benzene rings is 1. The van der Waals surface area contributed by atoms with Gasteiger partial charge in [0.25, 0.3) is 11.8 Å². The van der Waals surface area contributed by atoms with Gasteiger partial charge in [-0.3, -0.25) is 19.8 Å². The van der Waals surface area contributed by atoms with Crippen molar-refractivity contribution in [3.8, 4) is 5.75 Å². The van der Waals surface area contributed by atoms with E-state index < -0.39 is 5.82 Å². The summed E-state index contributed by atoms with van der Waals surface area (Å²) in [5, 5.41) is 9.80. The first-order chi connectivity index (χ1) is 15.3. The lowest BCUT2D eigenvalue weighted by molar-refractivity contribution is -0.152. The Labute approximate surface area is 192 Å². The highest BCUT2D eigenvalue weighted by atomic mass is 35.5. The van der Waals surface area contributed by atoms with Gasteiger partial charge in [-0.25, -0.2) is 4.39 Å². The van der Waals surface area contributed by atoms with E-state index in [9.17, 15) is 14.0 Å². The molecule has 5 aliphatic rings. The van der Waals surface area contributed by atoms with Crippen LogP contribution in [0.1, 0.15) is 44.9 Å². The van der Waals surface area contributed by atoms with Crippen molar-refractivity contribution in [2.24, 2.45) is 5.92 Å². The third kappa shape index (κ3) is 4.08. The van der Waals surface area contributed by atoms with Gasteiger partial charge in [0.2, 0.25) is 0 Å². The lowest BCUT2D eigenvalue weighted by Crippen LogP contribution is -2.84. The van der Waals surface area contributed by atoms with Gasteiger partial charge in [-0.1, -0.05) is 24.4 Å². The molecule has 32 heavy (non-hydrogen) atoms. The molecule has 5 fully saturated rings. The second kappa shape index (κ2) is 8.15. The van der Waals surface area contributed by atoms with Crippen LogP contribution in [0.25, 0.3) is 0 Å². The Bertz CT molecular complexity index is 903. The van der Waals surface area contributed by atoms with Crippen molar-refractivity contribution in [3.05, 3.63) is 29.0 Å². The van der Waals surface area contributed by atoms with Crippen molar-refractivity contribution < 1.29 is 18.7 Å². The summed E-state index contributed by atoms with van der Waals surface area (Å²) in [6.45, 7) is 0.717. The summed E-state index contributed by atoms with van der Waals surface area (Å²) in [7, 11) is 2.00. The van der Waals surface area contributed by atoms with Crippen LogP contribution < -0.4 is 20.7 Å². The number of carbonyl (C=O) groups excluding carboxylic acids is 2. The average Bonchev–Trinajstić information content (AvgIpc) is 3.36. The summed E-state index contributed by atoms with van der Waals surface area (Å²) < 4.78 is 18.8. The van der Waals surface area contributed by atoms with Crippen LogP contribution in [0, 0.1) is 11.7 Å². The lowest BCUT2D eigenvalue weighted by atomic mass is 9.44. The van der Waals surface area contributed by atoms with Gasteiger partial charge in [0.05, 0.1) is 5.02 Å². The second-order valence-electron chi connectivity index (χ2n) is 10.2. The fourth-order valence-electron chi connectivity index (χ4n) is 6.15. The van der Waals surface area contributed by atoms with Crippen LogP contribution in [-0.4, -0.2) is 60.2 Å². The first-order valence-corrected chi connectivity index (χ1v) is 11.8. The minimum atomic E-state index is -0.585. The van der Waals surface area contributed by atoms with E-state index in [-0.39, 0.29) is 46.4 Å². The molecule has 0 radical (unpaired) electrons. The molecule has 0 aromatic heterocycles. The predicted octanol–water partition coefficient (Wildman–Crippen LogP) is 2.19. The molecule has 9 heteroatoms. The van der Waals surface area contributed by atoms with Gasteiger partial charge < -0.3 is 15.4 Å². The molecule has 6 rings (SSSR count). The van der Waals surface area contributed by atoms with Crippen molar-refractivity contribution in [2.75, 3.05) is 20.2 Å². The number of halogens is 2.